The molecule has 3 nitrogen and oxygen atoms in total. The lowest BCUT2D eigenvalue weighted by molar-refractivity contribution is -0.127. The van der Waals surface area contributed by atoms with Crippen LogP contribution in [0.4, 0.5) is 0 Å². The van der Waals surface area contributed by atoms with Crippen molar-refractivity contribution in [2.45, 2.75) is 19.8 Å². The normalized spacial score (nSPS) is 11.2. The predicted molar refractivity (Wildman–Crippen MR) is 50.1 cm³/mol. The van der Waals surface area contributed by atoms with E-state index in [9.17, 15) is 4.79 Å². The molecule has 0 aliphatic carbocycles. The molecule has 11 heavy (non-hydrogen) atoms. The molecule has 0 heterocycles. The van der Waals surface area contributed by atoms with Crippen LogP contribution in [0.25, 0.3) is 0 Å². The van der Waals surface area contributed by atoms with Crippen LogP contribution in [0.3, 0.4) is 0 Å². The van der Waals surface area contributed by atoms with Crippen molar-refractivity contribution < 1.29 is 9.42 Å². The van der Waals surface area contributed by atoms with Crippen molar-refractivity contribution in [3.05, 3.63) is 0 Å². The first-order chi connectivity index (χ1) is 4.95. The fourth-order valence-corrected chi connectivity index (χ4v) is 0.909. The molecule has 0 atom stereocenters. The van der Waals surface area contributed by atoms with Crippen LogP contribution in [0.2, 0.25) is 0 Å². The van der Waals surface area contributed by atoms with Crippen LogP contribution < -0.4 is 5.48 Å². The molecular weight excluding hydrogens is 228 g/mol. The van der Waals surface area contributed by atoms with Crippen molar-refractivity contribution in [2.75, 3.05) is 0 Å². The van der Waals surface area contributed by atoms with Crippen LogP contribution in [0.5, 0.6) is 0 Å². The molecule has 0 fully saturated rings. The summed E-state index contributed by atoms with van der Waals surface area (Å²) in [6.07, 6.45) is 1.12. The maximum atomic E-state index is 10.7. The maximum absolute atomic E-state index is 10.7. The first-order valence-electron chi connectivity index (χ1n) is 2.92. The number of hydrogen-bond donors (Lipinski definition) is 1. The van der Waals surface area contributed by atoms with Gasteiger partial charge in [0.2, 0.25) is 5.91 Å². The highest BCUT2D eigenvalue weighted by atomic mass is 35.9. The number of halogens is 2. The van der Waals surface area contributed by atoms with E-state index < -0.39 is 4.97 Å². The van der Waals surface area contributed by atoms with E-state index in [4.69, 9.17) is 22.5 Å². The number of hydrogen-bond acceptors (Lipinski definition) is 3. The van der Waals surface area contributed by atoms with Crippen molar-refractivity contribution in [3.63, 3.8) is 0 Å². The molecule has 0 aliphatic heterocycles. The van der Waals surface area contributed by atoms with Crippen molar-refractivity contribution in [1.82, 2.24) is 5.48 Å². The van der Waals surface area contributed by atoms with E-state index in [0.29, 0.717) is 6.42 Å². The average molecular weight is 236 g/mol. The van der Waals surface area contributed by atoms with Crippen molar-refractivity contribution in [2.24, 2.45) is 0 Å². The second kappa shape index (κ2) is 5.33. The zero-order valence-electron chi connectivity index (χ0n) is 5.84. The summed E-state index contributed by atoms with van der Waals surface area (Å²) < 4.78 is 4.50. The number of nitrogens with one attached hydrogen (secondary N) is 1. The monoisotopic (exact) mass is 235 g/mol. The minimum Gasteiger partial charge on any atom is -0.273 e. The molecule has 1 N–H and O–H groups in total. The molecule has 0 aromatic rings. The van der Waals surface area contributed by atoms with E-state index in [-0.39, 0.29) is 5.91 Å². The summed E-state index contributed by atoms with van der Waals surface area (Å²) >= 11 is 15.2. The van der Waals surface area contributed by atoms with Crippen LogP contribution in [0.15, 0.2) is 0 Å². The van der Waals surface area contributed by atoms with Gasteiger partial charge in [0.15, 0.2) is 0 Å². The van der Waals surface area contributed by atoms with Crippen molar-refractivity contribution in [1.29, 1.82) is 0 Å². The van der Waals surface area contributed by atoms with Gasteiger partial charge in [-0.1, -0.05) is 6.92 Å². The van der Waals surface area contributed by atoms with E-state index in [0.717, 1.165) is 6.42 Å². The molecule has 7 heteroatoms. The molecule has 66 valence electrons. The molecule has 0 saturated heterocycles. The van der Waals surface area contributed by atoms with Gasteiger partial charge in [-0.05, 0) is 40.7 Å². The first kappa shape index (κ1) is 11.7. The third kappa shape index (κ3) is 8.57. The summed E-state index contributed by atoms with van der Waals surface area (Å²) in [4.78, 5) is 7.91. The molecule has 0 aromatic carbocycles. The second-order valence-electron chi connectivity index (χ2n) is 1.78. The van der Waals surface area contributed by atoms with Crippen LogP contribution >= 0.6 is 27.5 Å². The van der Waals surface area contributed by atoms with Crippen LogP contribution in [-0.4, -0.2) is 5.91 Å². The number of carbonyl (C=O) groups excluding carboxylic acids is 1. The fourth-order valence-electron chi connectivity index (χ4n) is 0.382. The standard InChI is InChI=1S/C4H8Cl2NO2PS/c1-2-3-4(8)7-9-10(5,6)11/h2-3H2,1H3,(H,7,8). The molecule has 0 spiro atoms. The lowest BCUT2D eigenvalue weighted by Gasteiger charge is -2.06. The number of carbonyl (C=O) groups is 1. The van der Waals surface area contributed by atoms with E-state index in [1.165, 1.54) is 0 Å². The number of amides is 1. The minimum absolute atomic E-state index is 0.261. The van der Waals surface area contributed by atoms with Gasteiger partial charge in [0.1, 0.15) is 0 Å². The van der Waals surface area contributed by atoms with Crippen LogP contribution in [0.1, 0.15) is 19.8 Å². The summed E-state index contributed by atoms with van der Waals surface area (Å²) in [5, 5.41) is 0. The van der Waals surface area contributed by atoms with E-state index in [1.54, 1.807) is 0 Å². The van der Waals surface area contributed by atoms with Crippen LogP contribution in [-0.2, 0) is 21.2 Å². The first-order valence-corrected chi connectivity index (χ1v) is 7.45. The average Bonchev–Trinajstić information content (AvgIpc) is 1.83. The van der Waals surface area contributed by atoms with E-state index in [2.05, 4.69) is 21.9 Å². The van der Waals surface area contributed by atoms with Gasteiger partial charge in [-0.15, -0.1) is 0 Å². The van der Waals surface area contributed by atoms with Gasteiger partial charge in [0.05, 0.1) is 0 Å². The third-order valence-electron chi connectivity index (χ3n) is 0.743. The van der Waals surface area contributed by atoms with E-state index >= 15 is 0 Å². The molecule has 0 bridgehead atoms. The zero-order chi connectivity index (χ0) is 8.91. The fraction of sp³-hybridized carbons (Fsp3) is 0.750. The van der Waals surface area contributed by atoms with Gasteiger partial charge in [0.25, 0.3) is 4.97 Å². The molecule has 0 radical (unpaired) electrons. The molecule has 1 amide bonds. The molecule has 0 aromatic heterocycles. The summed E-state index contributed by atoms with van der Waals surface area (Å²) in [5.41, 5.74) is 2.07. The zero-order valence-corrected chi connectivity index (χ0v) is 9.06. The summed E-state index contributed by atoms with van der Waals surface area (Å²) in [7, 11) is 0. The predicted octanol–water partition coefficient (Wildman–Crippen LogP) is 2.54. The van der Waals surface area contributed by atoms with E-state index in [1.807, 2.05) is 6.92 Å². The largest absolute Gasteiger partial charge is 0.273 e. The lowest BCUT2D eigenvalue weighted by Crippen LogP contribution is -2.20. The maximum Gasteiger partial charge on any atom is 0.264 e. The Kier molecular flexibility index (Phi) is 5.65. The summed E-state index contributed by atoms with van der Waals surface area (Å²) in [6, 6.07) is 0. The minimum atomic E-state index is -2.80. The van der Waals surface area contributed by atoms with Crippen molar-refractivity contribution in [3.8, 4) is 0 Å². The highest BCUT2D eigenvalue weighted by molar-refractivity contribution is 8.36. The Balaban J connectivity index is 3.55. The van der Waals surface area contributed by atoms with Crippen LogP contribution in [0, 0.1) is 0 Å². The van der Waals surface area contributed by atoms with Gasteiger partial charge in [0, 0.05) is 6.42 Å². The van der Waals surface area contributed by atoms with Gasteiger partial charge < -0.3 is 0 Å². The Morgan fingerprint density at radius 3 is 2.64 bits per heavy atom. The quantitative estimate of drug-likeness (QED) is 0.602. The van der Waals surface area contributed by atoms with Gasteiger partial charge in [-0.25, -0.2) is 10.1 Å². The highest BCUT2D eigenvalue weighted by Gasteiger charge is 2.10. The molecule has 0 aliphatic rings. The summed E-state index contributed by atoms with van der Waals surface area (Å²) in [5.74, 6) is -0.261. The number of rotatable bonds is 4. The van der Waals surface area contributed by atoms with Gasteiger partial charge >= 0.3 is 0 Å². The lowest BCUT2D eigenvalue weighted by atomic mass is 10.3. The van der Waals surface area contributed by atoms with Gasteiger partial charge in [-0.3, -0.25) is 4.79 Å². The van der Waals surface area contributed by atoms with Crippen molar-refractivity contribution >= 4 is 45.2 Å². The second-order valence-corrected chi connectivity index (χ2v) is 8.91. The Labute approximate surface area is 80.0 Å². The molecule has 0 saturated carbocycles. The topological polar surface area (TPSA) is 38.3 Å². The number of hydroxylamine groups is 1. The molecule has 0 rings (SSSR count). The molecular formula is C4H8Cl2NO2PS. The summed E-state index contributed by atoms with van der Waals surface area (Å²) in [6.45, 7) is 1.87. The smallest absolute Gasteiger partial charge is 0.264 e. The van der Waals surface area contributed by atoms with Gasteiger partial charge in [-0.2, -0.15) is 0 Å². The Hall–Kier alpha value is 0.660. The Morgan fingerprint density at radius 1 is 1.73 bits per heavy atom. The highest BCUT2D eigenvalue weighted by Crippen LogP contribution is 2.57. The Bertz CT molecular complexity index is 183. The molecule has 0 unspecified atom stereocenters. The third-order valence-corrected chi connectivity index (χ3v) is 1.68. The SMILES string of the molecule is CCCC(=O)NOP(=S)(Cl)Cl. The Morgan fingerprint density at radius 2 is 2.27 bits per heavy atom.